The van der Waals surface area contributed by atoms with E-state index in [4.69, 9.17) is 4.42 Å². The summed E-state index contributed by atoms with van der Waals surface area (Å²) in [5.74, 6) is 0.480. The van der Waals surface area contributed by atoms with Crippen LogP contribution in [-0.4, -0.2) is 31.7 Å². The second-order valence-corrected chi connectivity index (χ2v) is 8.65. The van der Waals surface area contributed by atoms with Crippen LogP contribution < -0.4 is 5.32 Å². The normalized spacial score (nSPS) is 16.5. The number of hydrogen-bond donors (Lipinski definition) is 1. The first-order valence-corrected chi connectivity index (χ1v) is 10.2. The number of carbonyl (C=O) groups excluding carboxylic acids is 1. The van der Waals surface area contributed by atoms with E-state index in [-0.39, 0.29) is 11.8 Å². The van der Waals surface area contributed by atoms with E-state index in [1.54, 1.807) is 24.5 Å². The molecule has 1 aliphatic heterocycles. The first kappa shape index (κ1) is 18.7. The Kier molecular flexibility index (Phi) is 5.48. The number of nitrogens with one attached hydrogen (secondary N) is 1. The minimum Gasteiger partial charge on any atom is -0.467 e. The summed E-state index contributed by atoms with van der Waals surface area (Å²) in [5, 5.41) is 2.85. The number of aryl methyl sites for hydroxylation is 2. The maximum absolute atomic E-state index is 12.9. The molecule has 6 nitrogen and oxygen atoms in total. The van der Waals surface area contributed by atoms with Gasteiger partial charge in [-0.1, -0.05) is 17.7 Å². The summed E-state index contributed by atoms with van der Waals surface area (Å²) in [4.78, 5) is 12.6. The maximum Gasteiger partial charge on any atom is 0.243 e. The average Bonchev–Trinajstić information content (AvgIpc) is 3.13. The molecule has 0 aliphatic carbocycles. The van der Waals surface area contributed by atoms with E-state index >= 15 is 0 Å². The van der Waals surface area contributed by atoms with E-state index in [1.807, 2.05) is 26.0 Å². The van der Waals surface area contributed by atoms with E-state index in [1.165, 1.54) is 4.31 Å². The van der Waals surface area contributed by atoms with Crippen LogP contribution in [0.4, 0.5) is 0 Å². The van der Waals surface area contributed by atoms with Crippen LogP contribution in [0.5, 0.6) is 0 Å². The van der Waals surface area contributed by atoms with Gasteiger partial charge >= 0.3 is 0 Å². The predicted molar refractivity (Wildman–Crippen MR) is 98.0 cm³/mol. The standard InChI is InChI=1S/C19H24N2O4S/c1-14-5-6-18(15(2)12-14)26(23,24)21-9-7-16(8-10-21)19(22)20-13-17-4-3-11-25-17/h3-6,11-12,16H,7-10,13H2,1-2H3,(H,20,22). The van der Waals surface area contributed by atoms with E-state index in [0.29, 0.717) is 43.1 Å². The van der Waals surface area contributed by atoms with Crippen molar-refractivity contribution in [1.82, 2.24) is 9.62 Å². The van der Waals surface area contributed by atoms with Crippen LogP contribution in [0.1, 0.15) is 29.7 Å². The number of nitrogens with zero attached hydrogens (tertiary/aromatic N) is 1. The Labute approximate surface area is 154 Å². The Bertz CT molecular complexity index is 867. The van der Waals surface area contributed by atoms with Gasteiger partial charge in [0, 0.05) is 19.0 Å². The lowest BCUT2D eigenvalue weighted by atomic mass is 9.97. The van der Waals surface area contributed by atoms with Gasteiger partial charge in [0.1, 0.15) is 5.76 Å². The largest absolute Gasteiger partial charge is 0.467 e. The molecule has 1 aliphatic rings. The van der Waals surface area contributed by atoms with Gasteiger partial charge in [0.25, 0.3) is 0 Å². The molecule has 0 radical (unpaired) electrons. The molecule has 1 saturated heterocycles. The van der Waals surface area contributed by atoms with Crippen LogP contribution in [0.2, 0.25) is 0 Å². The lowest BCUT2D eigenvalue weighted by Gasteiger charge is -2.31. The lowest BCUT2D eigenvalue weighted by molar-refractivity contribution is -0.126. The molecule has 1 fully saturated rings. The molecule has 0 saturated carbocycles. The lowest BCUT2D eigenvalue weighted by Crippen LogP contribution is -2.43. The Balaban J connectivity index is 1.59. The van der Waals surface area contributed by atoms with Gasteiger partial charge in [-0.15, -0.1) is 0 Å². The summed E-state index contributed by atoms with van der Waals surface area (Å²) in [6, 6.07) is 8.94. The third-order valence-corrected chi connectivity index (χ3v) is 6.85. The molecule has 7 heteroatoms. The van der Waals surface area contributed by atoms with E-state index in [9.17, 15) is 13.2 Å². The number of carbonyl (C=O) groups is 1. The van der Waals surface area contributed by atoms with Gasteiger partial charge in [0.05, 0.1) is 17.7 Å². The second-order valence-electron chi connectivity index (χ2n) is 6.74. The number of furan rings is 1. The highest BCUT2D eigenvalue weighted by molar-refractivity contribution is 7.89. The molecule has 0 unspecified atom stereocenters. The van der Waals surface area contributed by atoms with Gasteiger partial charge in [-0.25, -0.2) is 8.42 Å². The zero-order valence-electron chi connectivity index (χ0n) is 15.1. The highest BCUT2D eigenvalue weighted by Crippen LogP contribution is 2.26. The topological polar surface area (TPSA) is 79.6 Å². The Morgan fingerprint density at radius 1 is 1.23 bits per heavy atom. The van der Waals surface area contributed by atoms with Crippen molar-refractivity contribution >= 4 is 15.9 Å². The molecule has 26 heavy (non-hydrogen) atoms. The van der Waals surface area contributed by atoms with Crippen LogP contribution in [0, 0.1) is 19.8 Å². The summed E-state index contributed by atoms with van der Waals surface area (Å²) in [5.41, 5.74) is 1.79. The number of piperidine rings is 1. The molecule has 1 amide bonds. The number of amides is 1. The fourth-order valence-corrected chi connectivity index (χ4v) is 4.99. The van der Waals surface area contributed by atoms with Gasteiger partial charge < -0.3 is 9.73 Å². The van der Waals surface area contributed by atoms with Gasteiger partial charge in [0.15, 0.2) is 0 Å². The number of benzene rings is 1. The maximum atomic E-state index is 12.9. The van der Waals surface area contributed by atoms with Crippen LogP contribution in [-0.2, 0) is 21.4 Å². The van der Waals surface area contributed by atoms with Gasteiger partial charge in [-0.2, -0.15) is 4.31 Å². The third-order valence-electron chi connectivity index (χ3n) is 4.79. The zero-order chi connectivity index (χ0) is 18.7. The van der Waals surface area contributed by atoms with Crippen molar-refractivity contribution in [2.75, 3.05) is 13.1 Å². The minimum absolute atomic E-state index is 0.0510. The molecule has 0 atom stereocenters. The van der Waals surface area contributed by atoms with Crippen molar-refractivity contribution in [1.29, 1.82) is 0 Å². The highest BCUT2D eigenvalue weighted by atomic mass is 32.2. The van der Waals surface area contributed by atoms with Crippen molar-refractivity contribution < 1.29 is 17.6 Å². The summed E-state index contributed by atoms with van der Waals surface area (Å²) < 4.78 is 32.5. The molecule has 1 aromatic heterocycles. The number of sulfonamides is 1. The zero-order valence-corrected chi connectivity index (χ0v) is 15.9. The van der Waals surface area contributed by atoms with Crippen LogP contribution in [0.15, 0.2) is 45.9 Å². The third kappa shape index (κ3) is 3.99. The molecule has 2 heterocycles. The van der Waals surface area contributed by atoms with Crippen molar-refractivity contribution in [3.8, 4) is 0 Å². The quantitative estimate of drug-likeness (QED) is 0.870. The predicted octanol–water partition coefficient (Wildman–Crippen LogP) is 2.61. The van der Waals surface area contributed by atoms with E-state index in [0.717, 1.165) is 11.1 Å². The summed E-state index contributed by atoms with van der Waals surface area (Å²) in [7, 11) is -3.52. The smallest absolute Gasteiger partial charge is 0.243 e. The SMILES string of the molecule is Cc1ccc(S(=O)(=O)N2CCC(C(=O)NCc3ccco3)CC2)c(C)c1. The molecule has 1 N–H and O–H groups in total. The monoisotopic (exact) mass is 376 g/mol. The molecular formula is C19H24N2O4S. The Morgan fingerprint density at radius 3 is 2.58 bits per heavy atom. The van der Waals surface area contributed by atoms with Gasteiger partial charge in [0.2, 0.25) is 15.9 Å². The molecule has 0 spiro atoms. The summed E-state index contributed by atoms with van der Waals surface area (Å²) in [6.07, 6.45) is 2.61. The summed E-state index contributed by atoms with van der Waals surface area (Å²) in [6.45, 7) is 4.82. The molecule has 1 aromatic carbocycles. The molecule has 2 aromatic rings. The minimum atomic E-state index is -3.52. The fraction of sp³-hybridized carbons (Fsp3) is 0.421. The van der Waals surface area contributed by atoms with Gasteiger partial charge in [-0.05, 0) is 50.5 Å². The van der Waals surface area contributed by atoms with Crippen molar-refractivity contribution in [3.63, 3.8) is 0 Å². The second kappa shape index (κ2) is 7.63. The molecule has 3 rings (SSSR count). The fourth-order valence-electron chi connectivity index (χ4n) is 3.32. The average molecular weight is 376 g/mol. The Hall–Kier alpha value is -2.12. The first-order valence-electron chi connectivity index (χ1n) is 8.75. The number of hydrogen-bond acceptors (Lipinski definition) is 4. The van der Waals surface area contributed by atoms with Gasteiger partial charge in [-0.3, -0.25) is 4.79 Å². The van der Waals surface area contributed by atoms with E-state index in [2.05, 4.69) is 5.32 Å². The van der Waals surface area contributed by atoms with Crippen LogP contribution in [0.25, 0.3) is 0 Å². The number of rotatable bonds is 5. The molecule has 140 valence electrons. The molecular weight excluding hydrogens is 352 g/mol. The van der Waals surface area contributed by atoms with Crippen molar-refractivity contribution in [2.24, 2.45) is 5.92 Å². The first-order chi connectivity index (χ1) is 12.4. The summed E-state index contributed by atoms with van der Waals surface area (Å²) >= 11 is 0. The highest BCUT2D eigenvalue weighted by Gasteiger charge is 2.32. The molecule has 0 bridgehead atoms. The van der Waals surface area contributed by atoms with E-state index < -0.39 is 10.0 Å². The Morgan fingerprint density at radius 2 is 1.96 bits per heavy atom. The van der Waals surface area contributed by atoms with Crippen molar-refractivity contribution in [2.45, 2.75) is 38.1 Å². The van der Waals surface area contributed by atoms with Crippen LogP contribution >= 0.6 is 0 Å². The van der Waals surface area contributed by atoms with Crippen molar-refractivity contribution in [3.05, 3.63) is 53.5 Å². The van der Waals surface area contributed by atoms with Crippen LogP contribution in [0.3, 0.4) is 0 Å².